The summed E-state index contributed by atoms with van der Waals surface area (Å²) in [5.41, 5.74) is 26.5. The minimum atomic E-state index is -0.572. The number of hydrazine groups is 1. The van der Waals surface area contributed by atoms with E-state index < -0.39 is 5.41 Å². The molecule has 72 heavy (non-hydrogen) atoms. The van der Waals surface area contributed by atoms with Crippen LogP contribution in [-0.2, 0) is 11.2 Å². The number of hydrogen-bond donors (Lipinski definition) is 8. The van der Waals surface area contributed by atoms with Gasteiger partial charge in [-0.05, 0) is 68.8 Å². The molecular formula is C52H49N19O. The molecule has 0 spiro atoms. The smallest absolute Gasteiger partial charge is 0.229 e. The van der Waals surface area contributed by atoms with Crippen molar-refractivity contribution in [1.82, 2.24) is 74.6 Å². The van der Waals surface area contributed by atoms with Gasteiger partial charge in [-0.15, -0.1) is 0 Å². The summed E-state index contributed by atoms with van der Waals surface area (Å²) < 4.78 is 3.89. The Balaban J connectivity index is 0.922. The highest BCUT2D eigenvalue weighted by Crippen LogP contribution is 2.39. The Morgan fingerprint density at radius 3 is 2.62 bits per heavy atom. The number of hydrogen-bond acceptors (Lipinski definition) is 14. The van der Waals surface area contributed by atoms with Crippen molar-refractivity contribution < 1.29 is 4.79 Å². The molecule has 0 atom stereocenters. The Bertz CT molecular complexity index is 3750. The van der Waals surface area contributed by atoms with Gasteiger partial charge in [-0.3, -0.25) is 35.3 Å². The fourth-order valence-corrected chi connectivity index (χ4v) is 8.47. The van der Waals surface area contributed by atoms with E-state index in [1.54, 1.807) is 37.4 Å². The first-order valence-corrected chi connectivity index (χ1v) is 23.1. The zero-order valence-electron chi connectivity index (χ0n) is 40.2. The number of carbonyl (C=O) groups is 1. The first-order valence-electron chi connectivity index (χ1n) is 23.1. The number of nitrogens with one attached hydrogen (secondary N) is 7. The summed E-state index contributed by atoms with van der Waals surface area (Å²) >= 11 is 0. The van der Waals surface area contributed by atoms with Gasteiger partial charge in [0, 0.05) is 82.9 Å². The lowest BCUT2D eigenvalue weighted by molar-refractivity contribution is -0.123. The Hall–Kier alpha value is -9.72. The number of imidazole rings is 4. The van der Waals surface area contributed by atoms with E-state index in [4.69, 9.17) is 25.7 Å². The van der Waals surface area contributed by atoms with Gasteiger partial charge in [0.05, 0.1) is 81.8 Å². The van der Waals surface area contributed by atoms with Gasteiger partial charge in [0.25, 0.3) is 0 Å². The molecule has 0 bridgehead atoms. The molecule has 20 heteroatoms. The molecule has 0 saturated heterocycles. The second-order valence-corrected chi connectivity index (χ2v) is 18.4. The average molecular weight is 956 g/mol. The van der Waals surface area contributed by atoms with Crippen molar-refractivity contribution in [1.29, 1.82) is 0 Å². The molecule has 0 aromatic carbocycles. The number of amides is 1. The molecule has 0 unspecified atom stereocenters. The Labute approximate surface area is 412 Å². The van der Waals surface area contributed by atoms with Crippen molar-refractivity contribution in [3.8, 4) is 34.0 Å². The van der Waals surface area contributed by atoms with Gasteiger partial charge >= 0.3 is 0 Å². The largest absolute Gasteiger partial charge is 0.382 e. The van der Waals surface area contributed by atoms with Crippen LogP contribution in [0.4, 0.5) is 23.0 Å². The minimum absolute atomic E-state index is 0.118. The number of fused-ring (bicyclic) bond motifs is 3. The fourth-order valence-electron chi connectivity index (χ4n) is 8.47. The molecule has 0 fully saturated rings. The van der Waals surface area contributed by atoms with Crippen molar-refractivity contribution in [2.75, 3.05) is 21.8 Å². The number of aromatic amines is 3. The summed E-state index contributed by atoms with van der Waals surface area (Å²) in [5.74, 6) is 1.93. The van der Waals surface area contributed by atoms with Gasteiger partial charge in [-0.2, -0.15) is 5.10 Å². The monoisotopic (exact) mass is 955 g/mol. The van der Waals surface area contributed by atoms with Crippen molar-refractivity contribution in [3.05, 3.63) is 168 Å². The van der Waals surface area contributed by atoms with E-state index >= 15 is 0 Å². The Kier molecular flexibility index (Phi) is 11.2. The number of nitrogens with zero attached hydrogens (tertiary/aromatic N) is 11. The van der Waals surface area contributed by atoms with E-state index in [-0.39, 0.29) is 11.7 Å². The van der Waals surface area contributed by atoms with Gasteiger partial charge in [0.1, 0.15) is 22.9 Å². The summed E-state index contributed by atoms with van der Waals surface area (Å²) in [6.45, 7) is 11.5. The summed E-state index contributed by atoms with van der Waals surface area (Å²) in [6.07, 6.45) is 30.0. The topological polar surface area (TPSA) is 264 Å². The Morgan fingerprint density at radius 1 is 0.917 bits per heavy atom. The minimum Gasteiger partial charge on any atom is -0.382 e. The second-order valence-electron chi connectivity index (χ2n) is 18.4. The maximum atomic E-state index is 12.7. The number of nitrogen functional groups attached to an aromatic ring is 1. The molecule has 2 aliphatic rings. The van der Waals surface area contributed by atoms with Crippen LogP contribution in [0, 0.1) is 19.3 Å². The van der Waals surface area contributed by atoms with E-state index in [1.165, 1.54) is 0 Å². The standard InChI is InChI=1S/C52H49N19O/c1-7-8-10-41(45-47(53)65-50(63-45)44-34-18-37(57-23-40(34)67-69-44)30-15-31(20-55-19-30)61-51(72)52(4,5)6)71-25-32(59-27-71)16-39-43-33(17-38(62-39)35-21-54-14-12-28(35)2)36(22-60-68-43)48-64-46-42(70-24-29(3)58-26-70)11-9-13-56-49(46)66-48/h7-15,17-27,56,60,68H,16,53H2,1-6H3,(H,61,72)(H,63,65)(H,64,66)(H,67,69)/b8-7?,41-10+. The normalized spacial score (nSPS) is 13.5. The number of anilines is 4. The van der Waals surface area contributed by atoms with E-state index in [1.807, 2.05) is 130 Å². The molecule has 0 aliphatic carbocycles. The van der Waals surface area contributed by atoms with Crippen LogP contribution < -0.4 is 27.2 Å². The van der Waals surface area contributed by atoms with Crippen molar-refractivity contribution in [2.24, 2.45) is 5.41 Å². The van der Waals surface area contributed by atoms with Crippen LogP contribution in [0.2, 0.25) is 0 Å². The lowest BCUT2D eigenvalue weighted by atomic mass is 9.95. The highest BCUT2D eigenvalue weighted by molar-refractivity contribution is 5.96. The lowest BCUT2D eigenvalue weighted by Crippen LogP contribution is -2.27. The van der Waals surface area contributed by atoms with Crippen molar-refractivity contribution in [2.45, 2.75) is 48.0 Å². The van der Waals surface area contributed by atoms with Gasteiger partial charge < -0.3 is 40.9 Å². The fraction of sp³-hybridized carbons (Fsp3) is 0.154. The molecule has 2 aliphatic heterocycles. The SMILES string of the molecule is CC=C/C=C(\c1[nH]c(-c2n[nH]c3cnc(-c4cncc(NC(=O)C(C)(C)C)c4)cc23)nc1N)n1cnc(Cc2nc(-c3cnccc3C)cc3c2NNC=C3c2nc3c([nH]2)C(n2cnc(C)c2)=CC=CN3)c1. The van der Waals surface area contributed by atoms with E-state index in [9.17, 15) is 4.79 Å². The predicted octanol–water partition coefficient (Wildman–Crippen LogP) is 8.37. The van der Waals surface area contributed by atoms with Crippen LogP contribution in [0.3, 0.4) is 0 Å². The van der Waals surface area contributed by atoms with Gasteiger partial charge in [0.2, 0.25) is 5.91 Å². The average Bonchev–Trinajstić information content (AvgIpc) is 4.23. The lowest BCUT2D eigenvalue weighted by Gasteiger charge is -2.23. The van der Waals surface area contributed by atoms with Gasteiger partial charge in [0.15, 0.2) is 17.5 Å². The molecule has 9 aromatic heterocycles. The third-order valence-electron chi connectivity index (χ3n) is 12.2. The van der Waals surface area contributed by atoms with E-state index in [0.29, 0.717) is 57.9 Å². The third-order valence-corrected chi connectivity index (χ3v) is 12.2. The van der Waals surface area contributed by atoms with Crippen LogP contribution in [-0.4, -0.2) is 75.1 Å². The second kappa shape index (κ2) is 18.0. The maximum Gasteiger partial charge on any atom is 0.229 e. The number of carbonyl (C=O) groups excluding carboxylic acids is 1. The molecule has 9 aromatic rings. The molecular weight excluding hydrogens is 907 g/mol. The highest BCUT2D eigenvalue weighted by Gasteiger charge is 2.27. The quantitative estimate of drug-likeness (QED) is 0.0567. The number of allylic oxidation sites excluding steroid dienone is 5. The Morgan fingerprint density at radius 2 is 1.81 bits per heavy atom. The molecule has 11 rings (SSSR count). The summed E-state index contributed by atoms with van der Waals surface area (Å²) in [4.78, 5) is 57.8. The summed E-state index contributed by atoms with van der Waals surface area (Å²) in [5, 5.41) is 14.8. The van der Waals surface area contributed by atoms with Crippen LogP contribution in [0.25, 0.3) is 61.9 Å². The molecule has 0 saturated carbocycles. The van der Waals surface area contributed by atoms with Crippen LogP contribution >= 0.6 is 0 Å². The number of H-pyrrole nitrogens is 3. The van der Waals surface area contributed by atoms with Crippen molar-refractivity contribution in [3.63, 3.8) is 0 Å². The molecule has 11 heterocycles. The van der Waals surface area contributed by atoms with E-state index in [2.05, 4.69) is 67.7 Å². The summed E-state index contributed by atoms with van der Waals surface area (Å²) in [7, 11) is 0. The van der Waals surface area contributed by atoms with Gasteiger partial charge in [-0.1, -0.05) is 32.9 Å². The van der Waals surface area contributed by atoms with Crippen LogP contribution in [0.1, 0.15) is 73.1 Å². The van der Waals surface area contributed by atoms with Crippen molar-refractivity contribution >= 4 is 56.8 Å². The third kappa shape index (κ3) is 8.46. The molecule has 0 radical (unpaired) electrons. The van der Waals surface area contributed by atoms with Crippen LogP contribution in [0.15, 0.2) is 123 Å². The van der Waals surface area contributed by atoms with Crippen LogP contribution in [0.5, 0.6) is 0 Å². The number of pyridine rings is 4. The molecule has 358 valence electrons. The zero-order valence-corrected chi connectivity index (χ0v) is 40.2. The highest BCUT2D eigenvalue weighted by atomic mass is 16.2. The first kappa shape index (κ1) is 44.8. The number of aromatic nitrogens is 14. The first-order chi connectivity index (χ1) is 34.9. The maximum absolute atomic E-state index is 12.7. The number of aryl methyl sites for hydroxylation is 2. The zero-order chi connectivity index (χ0) is 49.7. The molecule has 9 N–H and O–H groups in total. The predicted molar refractivity (Wildman–Crippen MR) is 278 cm³/mol. The van der Waals surface area contributed by atoms with Gasteiger partial charge in [-0.25, -0.2) is 19.9 Å². The summed E-state index contributed by atoms with van der Waals surface area (Å²) in [6, 6.07) is 7.80. The molecule has 1 amide bonds. The van der Waals surface area contributed by atoms with E-state index in [0.717, 1.165) is 73.1 Å². The molecule has 20 nitrogen and oxygen atoms in total. The number of rotatable bonds is 11. The number of nitrogens with two attached hydrogens (primary N) is 1.